The maximum Gasteiger partial charge on any atom is 0.407 e. The lowest BCUT2D eigenvalue weighted by atomic mass is 10.2. The van der Waals surface area contributed by atoms with E-state index in [0.29, 0.717) is 23.1 Å². The molecule has 0 radical (unpaired) electrons. The highest BCUT2D eigenvalue weighted by Crippen LogP contribution is 2.28. The van der Waals surface area contributed by atoms with E-state index in [0.717, 1.165) is 17.7 Å². The average Bonchev–Trinajstić information content (AvgIpc) is 2.32. The molecule has 1 amide bonds. The number of aryl methyl sites for hydroxylation is 1. The summed E-state index contributed by atoms with van der Waals surface area (Å²) in [5, 5.41) is 7.21. The summed E-state index contributed by atoms with van der Waals surface area (Å²) in [7, 11) is 0. The molecule has 1 rings (SSSR count). The number of halogens is 2. The second-order valence-corrected chi connectivity index (χ2v) is 6.60. The maximum atomic E-state index is 11.4. The Morgan fingerprint density at radius 3 is 2.48 bits per heavy atom. The van der Waals surface area contributed by atoms with E-state index < -0.39 is 11.7 Å². The van der Waals surface area contributed by atoms with Gasteiger partial charge in [-0.15, -0.1) is 0 Å². The summed E-state index contributed by atoms with van der Waals surface area (Å²) >= 11 is 12.2. The lowest BCUT2D eigenvalue weighted by molar-refractivity contribution is 0.0528. The van der Waals surface area contributed by atoms with Gasteiger partial charge < -0.3 is 15.4 Å². The molecule has 0 saturated carbocycles. The Hall–Kier alpha value is -1.13. The molecular weight excluding hydrogens is 311 g/mol. The quantitative estimate of drug-likeness (QED) is 0.773. The highest BCUT2D eigenvalue weighted by Gasteiger charge is 2.15. The van der Waals surface area contributed by atoms with Crippen LogP contribution in [0.15, 0.2) is 12.1 Å². The van der Waals surface area contributed by atoms with E-state index in [-0.39, 0.29) is 0 Å². The summed E-state index contributed by atoms with van der Waals surface area (Å²) in [6.45, 7) is 8.60. The first kappa shape index (κ1) is 17.9. The molecule has 0 saturated heterocycles. The molecule has 4 nitrogen and oxygen atoms in total. The second kappa shape index (κ2) is 7.76. The van der Waals surface area contributed by atoms with Gasteiger partial charge in [0.2, 0.25) is 0 Å². The van der Waals surface area contributed by atoms with Crippen LogP contribution in [0.4, 0.5) is 10.5 Å². The van der Waals surface area contributed by atoms with Gasteiger partial charge in [0.25, 0.3) is 0 Å². The third-order valence-corrected chi connectivity index (χ3v) is 3.31. The zero-order valence-electron chi connectivity index (χ0n) is 12.8. The Labute approximate surface area is 136 Å². The molecule has 0 aromatic heterocycles. The molecule has 0 aliphatic heterocycles. The Balaban J connectivity index is 2.29. The number of amides is 1. The summed E-state index contributed by atoms with van der Waals surface area (Å²) in [5.41, 5.74) is 1.26. The van der Waals surface area contributed by atoms with Crippen molar-refractivity contribution in [3.63, 3.8) is 0 Å². The molecule has 21 heavy (non-hydrogen) atoms. The van der Waals surface area contributed by atoms with Crippen molar-refractivity contribution < 1.29 is 9.53 Å². The number of alkyl carbamates (subject to hydrolysis) is 1. The van der Waals surface area contributed by atoms with Gasteiger partial charge in [0.1, 0.15) is 5.60 Å². The van der Waals surface area contributed by atoms with Gasteiger partial charge in [-0.25, -0.2) is 4.79 Å². The van der Waals surface area contributed by atoms with Gasteiger partial charge in [0, 0.05) is 18.1 Å². The van der Waals surface area contributed by atoms with Crippen molar-refractivity contribution in [3.8, 4) is 0 Å². The molecule has 0 aliphatic rings. The van der Waals surface area contributed by atoms with Crippen LogP contribution < -0.4 is 10.6 Å². The van der Waals surface area contributed by atoms with E-state index in [2.05, 4.69) is 10.6 Å². The highest BCUT2D eigenvalue weighted by atomic mass is 35.5. The summed E-state index contributed by atoms with van der Waals surface area (Å²) in [4.78, 5) is 11.4. The molecule has 1 aromatic carbocycles. The molecular formula is C15H22Cl2N2O2. The third-order valence-electron chi connectivity index (χ3n) is 2.59. The van der Waals surface area contributed by atoms with Crippen LogP contribution in [0, 0.1) is 6.92 Å². The van der Waals surface area contributed by atoms with Crippen LogP contribution in [-0.2, 0) is 4.74 Å². The number of nitrogens with one attached hydrogen (secondary N) is 2. The van der Waals surface area contributed by atoms with Crippen LogP contribution in [-0.4, -0.2) is 24.8 Å². The normalized spacial score (nSPS) is 11.1. The molecule has 0 bridgehead atoms. The van der Waals surface area contributed by atoms with Gasteiger partial charge >= 0.3 is 6.09 Å². The average molecular weight is 333 g/mol. The number of benzene rings is 1. The van der Waals surface area contributed by atoms with Crippen LogP contribution in [0.5, 0.6) is 0 Å². The van der Waals surface area contributed by atoms with Crippen LogP contribution in [0.25, 0.3) is 0 Å². The van der Waals surface area contributed by atoms with Crippen LogP contribution >= 0.6 is 23.2 Å². The Morgan fingerprint density at radius 1 is 1.19 bits per heavy atom. The van der Waals surface area contributed by atoms with Gasteiger partial charge in [0.15, 0.2) is 0 Å². The zero-order valence-corrected chi connectivity index (χ0v) is 14.4. The number of carbonyl (C=O) groups excluding carboxylic acids is 1. The van der Waals surface area contributed by atoms with Gasteiger partial charge in [-0.2, -0.15) is 0 Å². The van der Waals surface area contributed by atoms with E-state index in [1.54, 1.807) is 6.07 Å². The first-order valence-electron chi connectivity index (χ1n) is 6.85. The number of carbonyl (C=O) groups is 1. The van der Waals surface area contributed by atoms with Crippen molar-refractivity contribution in [1.29, 1.82) is 0 Å². The molecule has 0 aliphatic carbocycles. The minimum Gasteiger partial charge on any atom is -0.444 e. The number of hydrogen-bond acceptors (Lipinski definition) is 3. The monoisotopic (exact) mass is 332 g/mol. The molecule has 6 heteroatoms. The van der Waals surface area contributed by atoms with Crippen LogP contribution in [0.3, 0.4) is 0 Å². The number of rotatable bonds is 5. The molecule has 0 spiro atoms. The Bertz CT molecular complexity index is 499. The van der Waals surface area contributed by atoms with E-state index in [4.69, 9.17) is 27.9 Å². The first-order chi connectivity index (χ1) is 9.69. The zero-order chi connectivity index (χ0) is 16.0. The maximum absolute atomic E-state index is 11.4. The standard InChI is InChI=1S/C15H22Cl2N2O2/c1-10-8-12(17)13(9-11(10)16)18-6-5-7-19-14(20)21-15(2,3)4/h8-9,18H,5-7H2,1-4H3,(H,19,20). The third kappa shape index (κ3) is 6.91. The molecule has 0 fully saturated rings. The summed E-state index contributed by atoms with van der Waals surface area (Å²) in [5.74, 6) is 0. The minimum atomic E-state index is -0.478. The predicted octanol–water partition coefficient (Wildman–Crippen LogP) is 4.63. The predicted molar refractivity (Wildman–Crippen MR) is 88.5 cm³/mol. The molecule has 0 heterocycles. The van der Waals surface area contributed by atoms with E-state index >= 15 is 0 Å². The van der Waals surface area contributed by atoms with E-state index in [1.165, 1.54) is 0 Å². The van der Waals surface area contributed by atoms with Crippen molar-refractivity contribution in [2.75, 3.05) is 18.4 Å². The topological polar surface area (TPSA) is 50.4 Å². The summed E-state index contributed by atoms with van der Waals surface area (Å²) in [6, 6.07) is 3.63. The Kier molecular flexibility index (Phi) is 6.62. The largest absolute Gasteiger partial charge is 0.444 e. The fraction of sp³-hybridized carbons (Fsp3) is 0.533. The van der Waals surface area contributed by atoms with Crippen molar-refractivity contribution >= 4 is 35.0 Å². The van der Waals surface area contributed by atoms with Crippen molar-refractivity contribution in [2.45, 2.75) is 39.7 Å². The fourth-order valence-corrected chi connectivity index (χ4v) is 2.05. The second-order valence-electron chi connectivity index (χ2n) is 5.79. The molecule has 118 valence electrons. The summed E-state index contributed by atoms with van der Waals surface area (Å²) < 4.78 is 5.14. The number of hydrogen-bond donors (Lipinski definition) is 2. The van der Waals surface area contributed by atoms with Crippen LogP contribution in [0.2, 0.25) is 10.0 Å². The number of anilines is 1. The Morgan fingerprint density at radius 2 is 1.86 bits per heavy atom. The molecule has 0 unspecified atom stereocenters. The van der Waals surface area contributed by atoms with Gasteiger partial charge in [0.05, 0.1) is 10.7 Å². The van der Waals surface area contributed by atoms with E-state index in [9.17, 15) is 4.79 Å². The molecule has 0 atom stereocenters. The fourth-order valence-electron chi connectivity index (χ4n) is 1.60. The molecule has 2 N–H and O–H groups in total. The van der Waals surface area contributed by atoms with Crippen LogP contribution in [0.1, 0.15) is 32.8 Å². The van der Waals surface area contributed by atoms with Gasteiger partial charge in [-0.05, 0) is 51.8 Å². The van der Waals surface area contributed by atoms with Crippen molar-refractivity contribution in [2.24, 2.45) is 0 Å². The smallest absolute Gasteiger partial charge is 0.407 e. The summed E-state index contributed by atoms with van der Waals surface area (Å²) in [6.07, 6.45) is 0.347. The SMILES string of the molecule is Cc1cc(Cl)c(NCCCNC(=O)OC(C)(C)C)cc1Cl. The molecule has 1 aromatic rings. The van der Waals surface area contributed by atoms with Gasteiger partial charge in [-0.1, -0.05) is 23.2 Å². The van der Waals surface area contributed by atoms with Crippen molar-refractivity contribution in [1.82, 2.24) is 5.32 Å². The van der Waals surface area contributed by atoms with Crippen molar-refractivity contribution in [3.05, 3.63) is 27.7 Å². The highest BCUT2D eigenvalue weighted by molar-refractivity contribution is 6.35. The number of ether oxygens (including phenoxy) is 1. The minimum absolute atomic E-state index is 0.404. The lowest BCUT2D eigenvalue weighted by Crippen LogP contribution is -2.33. The van der Waals surface area contributed by atoms with E-state index in [1.807, 2.05) is 33.8 Å². The first-order valence-corrected chi connectivity index (χ1v) is 7.61. The lowest BCUT2D eigenvalue weighted by Gasteiger charge is -2.19. The van der Waals surface area contributed by atoms with Gasteiger partial charge in [-0.3, -0.25) is 0 Å².